The van der Waals surface area contributed by atoms with Crippen LogP contribution in [0.3, 0.4) is 0 Å². The first-order valence-corrected chi connectivity index (χ1v) is 20.7. The van der Waals surface area contributed by atoms with Gasteiger partial charge in [0.05, 0.1) is 0 Å². The molecule has 208 valence electrons. The van der Waals surface area contributed by atoms with E-state index in [1.165, 1.54) is 27.5 Å². The molecule has 5 heterocycles. The Morgan fingerprint density at radius 1 is 0.974 bits per heavy atom. The van der Waals surface area contributed by atoms with Crippen molar-refractivity contribution in [2.75, 3.05) is 58.1 Å². The third kappa shape index (κ3) is 4.67. The number of hydrogen-bond acceptors (Lipinski definition) is 6. The Bertz CT molecular complexity index is 1480. The maximum absolute atomic E-state index is 13.9. The van der Waals surface area contributed by atoms with E-state index in [9.17, 15) is 8.42 Å². The average Bonchev–Trinajstić information content (AvgIpc) is 3.10. The fourth-order valence-corrected chi connectivity index (χ4v) is 14.4. The summed E-state index contributed by atoms with van der Waals surface area (Å²) in [5.74, 6) is 0.378. The fraction of sp³-hybridized carbons (Fsp3) is 0.483. The van der Waals surface area contributed by atoms with E-state index in [1.807, 2.05) is 42.7 Å². The van der Waals surface area contributed by atoms with Crippen molar-refractivity contribution < 1.29 is 8.42 Å². The molecule has 0 saturated carbocycles. The van der Waals surface area contributed by atoms with Crippen molar-refractivity contribution in [2.45, 2.75) is 29.4 Å². The zero-order chi connectivity index (χ0) is 26.8. The van der Waals surface area contributed by atoms with E-state index in [1.54, 1.807) is 10.4 Å². The van der Waals surface area contributed by atoms with E-state index < -0.39 is 29.8 Å². The van der Waals surface area contributed by atoms with Crippen molar-refractivity contribution in [1.29, 1.82) is 0 Å². The molecule has 4 aliphatic rings. The number of hydrogen-bond donors (Lipinski definition) is 0. The van der Waals surface area contributed by atoms with Crippen LogP contribution in [0, 0.1) is 5.92 Å². The molecule has 3 aromatic rings. The third-order valence-corrected chi connectivity index (χ3v) is 15.9. The summed E-state index contributed by atoms with van der Waals surface area (Å²) in [6.07, 6.45) is 6.47. The van der Waals surface area contributed by atoms with Crippen LogP contribution in [0.1, 0.15) is 12.8 Å². The van der Waals surface area contributed by atoms with Gasteiger partial charge in [0.25, 0.3) is 0 Å². The van der Waals surface area contributed by atoms with Gasteiger partial charge in [-0.15, -0.1) is 0 Å². The van der Waals surface area contributed by atoms with E-state index in [-0.39, 0.29) is 5.54 Å². The van der Waals surface area contributed by atoms with Crippen LogP contribution in [0.25, 0.3) is 10.8 Å². The molecule has 0 amide bonds. The molecule has 4 fully saturated rings. The summed E-state index contributed by atoms with van der Waals surface area (Å²) in [4.78, 5) is 15.1. The summed E-state index contributed by atoms with van der Waals surface area (Å²) in [5.41, 5.74) is 1.49. The molecular weight excluding hydrogens is 645 g/mol. The molecule has 39 heavy (non-hydrogen) atoms. The van der Waals surface area contributed by atoms with Gasteiger partial charge in [-0.3, -0.25) is 0 Å². The number of piperidine rings is 1. The van der Waals surface area contributed by atoms with Crippen molar-refractivity contribution >= 4 is 57.9 Å². The van der Waals surface area contributed by atoms with Crippen LogP contribution < -0.4 is 4.90 Å². The van der Waals surface area contributed by atoms with Crippen LogP contribution in [0.2, 0.25) is 5.02 Å². The maximum atomic E-state index is 13.9. The molecule has 1 unspecified atom stereocenters. The van der Waals surface area contributed by atoms with Gasteiger partial charge in [-0.2, -0.15) is 0 Å². The standard InChI is InChI=1S/C29H35ClIN5O2S/c1-31-18-24-19-35(39(37,38)27-5-3-22-16-25(30)4-2-23(22)17-27)15-14-34-20-29(36(21-31)28(24)34)8-12-33(13-9-29)26-6-10-32-11-7-26/h2-7,10-11,16-17,24,28H,8-9,12-15,18-21H2,1H3/t24?,28-/m0/s1. The van der Waals surface area contributed by atoms with Gasteiger partial charge in [0, 0.05) is 0 Å². The SMILES string of the molecule is CI1CC2CN(S(=O)(=O)c3ccc4cc(Cl)ccc4c3)CCN3CC4(CCN(c5ccncc5)CC4)N(C1)[C@@H]23. The molecular formula is C29H35ClIN5O2S. The molecule has 2 aromatic carbocycles. The van der Waals surface area contributed by atoms with Crippen LogP contribution in [0.4, 0.5) is 5.69 Å². The van der Waals surface area contributed by atoms with Crippen molar-refractivity contribution in [1.82, 2.24) is 19.1 Å². The number of anilines is 1. The number of benzene rings is 2. The number of alkyl halides is 3. The molecule has 7 nitrogen and oxygen atoms in total. The zero-order valence-electron chi connectivity index (χ0n) is 22.2. The third-order valence-electron chi connectivity index (χ3n) is 9.22. The molecule has 2 atom stereocenters. The summed E-state index contributed by atoms with van der Waals surface area (Å²) in [5, 5.41) is 2.52. The van der Waals surface area contributed by atoms with Gasteiger partial charge in [0.1, 0.15) is 0 Å². The van der Waals surface area contributed by atoms with E-state index in [2.05, 4.69) is 36.7 Å². The van der Waals surface area contributed by atoms with Gasteiger partial charge >= 0.3 is 245 Å². The molecule has 10 heteroatoms. The molecule has 4 aliphatic heterocycles. The van der Waals surface area contributed by atoms with Crippen LogP contribution in [-0.2, 0) is 10.0 Å². The number of nitrogens with zero attached hydrogens (tertiary/aromatic N) is 5. The van der Waals surface area contributed by atoms with Crippen LogP contribution in [0.5, 0.6) is 0 Å². The second-order valence-electron chi connectivity index (χ2n) is 11.5. The normalized spacial score (nSPS) is 27.1. The zero-order valence-corrected chi connectivity index (χ0v) is 25.9. The van der Waals surface area contributed by atoms with E-state index in [0.29, 0.717) is 35.1 Å². The molecule has 0 aliphatic carbocycles. The van der Waals surface area contributed by atoms with Gasteiger partial charge in [0.2, 0.25) is 0 Å². The summed E-state index contributed by atoms with van der Waals surface area (Å²) in [7, 11) is -3.58. The van der Waals surface area contributed by atoms with E-state index in [0.717, 1.165) is 37.0 Å². The molecule has 0 radical (unpaired) electrons. The summed E-state index contributed by atoms with van der Waals surface area (Å²) in [6.45, 7) is 5.17. The summed E-state index contributed by atoms with van der Waals surface area (Å²) in [6, 6.07) is 15.3. The quantitative estimate of drug-likeness (QED) is 0.229. The minimum atomic E-state index is -3.58. The second-order valence-corrected chi connectivity index (χ2v) is 19.6. The van der Waals surface area contributed by atoms with E-state index in [4.69, 9.17) is 11.6 Å². The Hall–Kier alpha value is -1.50. The number of fused-ring (bicyclic) bond motifs is 2. The molecule has 0 bridgehead atoms. The number of pyridine rings is 1. The molecule has 1 aromatic heterocycles. The topological polar surface area (TPSA) is 60.0 Å². The Balaban J connectivity index is 1.13. The second kappa shape index (κ2) is 10.1. The van der Waals surface area contributed by atoms with Crippen molar-refractivity contribution in [3.05, 3.63) is 65.9 Å². The first kappa shape index (κ1) is 26.4. The van der Waals surface area contributed by atoms with Gasteiger partial charge in [0.15, 0.2) is 0 Å². The van der Waals surface area contributed by atoms with Gasteiger partial charge in [-0.1, -0.05) is 0 Å². The summed E-state index contributed by atoms with van der Waals surface area (Å²) < 4.78 is 32.2. The van der Waals surface area contributed by atoms with Crippen molar-refractivity contribution in [3.63, 3.8) is 0 Å². The first-order chi connectivity index (χ1) is 18.8. The monoisotopic (exact) mass is 679 g/mol. The Morgan fingerprint density at radius 2 is 1.72 bits per heavy atom. The molecule has 0 N–H and O–H groups in total. The van der Waals surface area contributed by atoms with Crippen molar-refractivity contribution in [2.24, 2.45) is 5.92 Å². The molecule has 7 rings (SSSR count). The summed E-state index contributed by atoms with van der Waals surface area (Å²) >= 11 is 4.97. The molecule has 4 saturated heterocycles. The predicted octanol–water partition coefficient (Wildman–Crippen LogP) is 4.60. The van der Waals surface area contributed by atoms with Crippen LogP contribution in [-0.4, -0.2) is 92.4 Å². The fourth-order valence-electron chi connectivity index (χ4n) is 7.33. The van der Waals surface area contributed by atoms with Crippen LogP contribution >= 0.6 is 31.4 Å². The van der Waals surface area contributed by atoms with E-state index >= 15 is 0 Å². The van der Waals surface area contributed by atoms with Crippen LogP contribution in [0.15, 0.2) is 65.8 Å². The Morgan fingerprint density at radius 3 is 2.51 bits per heavy atom. The first-order valence-electron chi connectivity index (χ1n) is 13.7. The van der Waals surface area contributed by atoms with Gasteiger partial charge < -0.3 is 0 Å². The molecule has 1 spiro atoms. The number of aromatic nitrogens is 1. The minimum absolute atomic E-state index is 0.221. The number of sulfonamides is 1. The number of halogens is 2. The van der Waals surface area contributed by atoms with Crippen molar-refractivity contribution in [3.8, 4) is 0 Å². The average molecular weight is 680 g/mol. The van der Waals surface area contributed by atoms with Gasteiger partial charge in [-0.25, -0.2) is 0 Å². The Kier molecular flexibility index (Phi) is 6.83. The predicted molar refractivity (Wildman–Crippen MR) is 166 cm³/mol. The Labute approximate surface area is 243 Å². The van der Waals surface area contributed by atoms with Gasteiger partial charge in [-0.05, 0) is 0 Å². The number of rotatable bonds is 3.